The van der Waals surface area contributed by atoms with E-state index in [0.717, 1.165) is 83.5 Å². The second-order valence-electron chi connectivity index (χ2n) is 19.4. The van der Waals surface area contributed by atoms with E-state index in [2.05, 4.69) is 50.3 Å². The molecule has 0 aromatic heterocycles. The van der Waals surface area contributed by atoms with Crippen molar-refractivity contribution in [2.24, 2.45) is 0 Å². The van der Waals surface area contributed by atoms with E-state index in [1.54, 1.807) is 0 Å². The van der Waals surface area contributed by atoms with E-state index >= 15 is 0 Å². The highest BCUT2D eigenvalue weighted by atomic mass is 16.7. The van der Waals surface area contributed by atoms with Gasteiger partial charge in [-0.2, -0.15) is 0 Å². The van der Waals surface area contributed by atoms with Gasteiger partial charge in [-0.3, -0.25) is 9.59 Å². The molecule has 15 nitrogen and oxygen atoms in total. The number of aliphatic hydroxyl groups excluding tert-OH is 7. The Morgan fingerprint density at radius 1 is 0.471 bits per heavy atom. The highest BCUT2D eigenvalue weighted by Gasteiger charge is 2.47. The summed E-state index contributed by atoms with van der Waals surface area (Å²) >= 11 is 0. The van der Waals surface area contributed by atoms with Crippen molar-refractivity contribution in [1.29, 1.82) is 0 Å². The van der Waals surface area contributed by atoms with Gasteiger partial charge in [0.1, 0.15) is 55.4 Å². The molecule has 0 aliphatic carbocycles. The fourth-order valence-corrected chi connectivity index (χ4v) is 8.64. The molecule has 2 aliphatic rings. The van der Waals surface area contributed by atoms with Gasteiger partial charge in [-0.15, -0.1) is 0 Å². The first-order valence-electron chi connectivity index (χ1n) is 27.6. The van der Waals surface area contributed by atoms with Crippen LogP contribution in [0.15, 0.2) is 36.5 Å². The van der Waals surface area contributed by atoms with E-state index in [1.807, 2.05) is 0 Å². The molecule has 2 aliphatic heterocycles. The molecular weight excluding hydrogens is 901 g/mol. The summed E-state index contributed by atoms with van der Waals surface area (Å²) in [5.74, 6) is -0.928. The van der Waals surface area contributed by atoms with Crippen molar-refractivity contribution in [3.05, 3.63) is 36.5 Å². The van der Waals surface area contributed by atoms with Crippen LogP contribution in [0.4, 0.5) is 0 Å². The average Bonchev–Trinajstić information content (AvgIpc) is 3.35. The molecule has 7 N–H and O–H groups in total. The zero-order valence-electron chi connectivity index (χ0n) is 43.3. The molecule has 408 valence electrons. The lowest BCUT2D eigenvalue weighted by Gasteiger charge is -2.42. The minimum absolute atomic E-state index is 0.155. The van der Waals surface area contributed by atoms with Gasteiger partial charge >= 0.3 is 11.9 Å². The Morgan fingerprint density at radius 2 is 0.900 bits per heavy atom. The van der Waals surface area contributed by atoms with Crippen LogP contribution in [-0.2, 0) is 38.0 Å². The fourth-order valence-electron chi connectivity index (χ4n) is 8.64. The van der Waals surface area contributed by atoms with Gasteiger partial charge in [0.25, 0.3) is 0 Å². The minimum Gasteiger partial charge on any atom is -0.462 e. The topological polar surface area (TPSA) is 231 Å². The fraction of sp³-hybridized carbons (Fsp3) is 0.855. The van der Waals surface area contributed by atoms with Crippen molar-refractivity contribution in [2.75, 3.05) is 26.4 Å². The number of carbonyl (C=O) groups is 2. The molecule has 0 amide bonds. The summed E-state index contributed by atoms with van der Waals surface area (Å²) in [6.07, 6.45) is 28.8. The molecule has 11 atom stereocenters. The molecule has 2 fully saturated rings. The number of hydrogen-bond donors (Lipinski definition) is 7. The predicted octanol–water partition coefficient (Wildman–Crippen LogP) is 8.49. The molecule has 0 bridgehead atoms. The Kier molecular flexibility index (Phi) is 38.4. The number of hydrogen-bond acceptors (Lipinski definition) is 15. The summed E-state index contributed by atoms with van der Waals surface area (Å²) in [6.45, 7) is 2.50. The highest BCUT2D eigenvalue weighted by Crippen LogP contribution is 2.27. The first-order chi connectivity index (χ1) is 34.0. The van der Waals surface area contributed by atoms with Crippen molar-refractivity contribution in [2.45, 2.75) is 274 Å². The van der Waals surface area contributed by atoms with Crippen molar-refractivity contribution in [1.82, 2.24) is 0 Å². The van der Waals surface area contributed by atoms with Gasteiger partial charge in [0, 0.05) is 12.8 Å². The Balaban J connectivity index is 1.78. The Labute approximate surface area is 421 Å². The predicted molar refractivity (Wildman–Crippen MR) is 270 cm³/mol. The maximum Gasteiger partial charge on any atom is 0.306 e. The van der Waals surface area contributed by atoms with Crippen LogP contribution in [0.1, 0.15) is 206 Å². The summed E-state index contributed by atoms with van der Waals surface area (Å²) in [4.78, 5) is 25.8. The molecule has 0 aromatic rings. The Morgan fingerprint density at radius 3 is 1.41 bits per heavy atom. The van der Waals surface area contributed by atoms with Crippen LogP contribution >= 0.6 is 0 Å². The SMILES string of the molecule is CC/C=C\C/C=C\C/C=C\CCCCCCCCCC(=O)OC(COC(=O)CCCCCCCCCCCCCCCCCCC)COC1OC(COC2OC(CO)C(O)C(O)C2O)C(O)C(O)C1O. The maximum absolute atomic E-state index is 13.0. The van der Waals surface area contributed by atoms with Crippen LogP contribution in [0, 0.1) is 0 Å². The number of carbonyl (C=O) groups excluding carboxylic acids is 2. The highest BCUT2D eigenvalue weighted by molar-refractivity contribution is 5.70. The van der Waals surface area contributed by atoms with Gasteiger partial charge in [0.2, 0.25) is 0 Å². The van der Waals surface area contributed by atoms with Crippen LogP contribution in [0.3, 0.4) is 0 Å². The number of allylic oxidation sites excluding steroid dienone is 6. The van der Waals surface area contributed by atoms with Gasteiger partial charge in [-0.1, -0.05) is 185 Å². The third kappa shape index (κ3) is 29.4. The van der Waals surface area contributed by atoms with E-state index in [9.17, 15) is 45.3 Å². The number of aliphatic hydroxyl groups is 7. The summed E-state index contributed by atoms with van der Waals surface area (Å²) < 4.78 is 33.6. The van der Waals surface area contributed by atoms with Crippen LogP contribution in [-0.4, -0.2) is 142 Å². The van der Waals surface area contributed by atoms with Crippen molar-refractivity contribution in [3.8, 4) is 0 Å². The van der Waals surface area contributed by atoms with E-state index < -0.39 is 92.7 Å². The van der Waals surface area contributed by atoms with E-state index in [1.165, 1.54) is 83.5 Å². The van der Waals surface area contributed by atoms with Crippen LogP contribution in [0.2, 0.25) is 0 Å². The molecule has 2 heterocycles. The molecule has 70 heavy (non-hydrogen) atoms. The average molecular weight is 999 g/mol. The summed E-state index contributed by atoms with van der Waals surface area (Å²) in [5.41, 5.74) is 0. The number of rotatable bonds is 43. The van der Waals surface area contributed by atoms with Crippen molar-refractivity contribution < 1.29 is 73.8 Å². The first-order valence-corrected chi connectivity index (χ1v) is 27.6. The van der Waals surface area contributed by atoms with E-state index in [-0.39, 0.29) is 26.1 Å². The maximum atomic E-state index is 13.0. The molecule has 2 rings (SSSR count). The first kappa shape index (κ1) is 63.8. The Bertz CT molecular complexity index is 1360. The second-order valence-corrected chi connectivity index (χ2v) is 19.4. The largest absolute Gasteiger partial charge is 0.462 e. The Hall–Kier alpha value is -2.28. The normalized spacial score (nSPS) is 25.6. The molecular formula is C55H98O15. The van der Waals surface area contributed by atoms with Crippen molar-refractivity contribution >= 4 is 11.9 Å². The summed E-state index contributed by atoms with van der Waals surface area (Å²) in [5, 5.41) is 72.2. The quantitative estimate of drug-likeness (QED) is 0.0173. The van der Waals surface area contributed by atoms with Gasteiger partial charge < -0.3 is 64.2 Å². The third-order valence-electron chi connectivity index (χ3n) is 13.1. The lowest BCUT2D eigenvalue weighted by atomic mass is 9.98. The lowest BCUT2D eigenvalue weighted by Crippen LogP contribution is -2.61. The minimum atomic E-state index is -1.77. The molecule has 0 radical (unpaired) electrons. The van der Waals surface area contributed by atoms with Gasteiger partial charge in [-0.25, -0.2) is 0 Å². The van der Waals surface area contributed by atoms with Crippen LogP contribution < -0.4 is 0 Å². The lowest BCUT2D eigenvalue weighted by molar-refractivity contribution is -0.332. The molecule has 0 spiro atoms. The summed E-state index contributed by atoms with van der Waals surface area (Å²) in [6, 6.07) is 0. The van der Waals surface area contributed by atoms with E-state index in [0.29, 0.717) is 12.8 Å². The van der Waals surface area contributed by atoms with Crippen LogP contribution in [0.5, 0.6) is 0 Å². The van der Waals surface area contributed by atoms with Gasteiger partial charge in [0.15, 0.2) is 18.7 Å². The van der Waals surface area contributed by atoms with Crippen molar-refractivity contribution in [3.63, 3.8) is 0 Å². The molecule has 11 unspecified atom stereocenters. The van der Waals surface area contributed by atoms with Gasteiger partial charge in [-0.05, 0) is 44.9 Å². The smallest absolute Gasteiger partial charge is 0.306 e. The second kappa shape index (κ2) is 42.1. The zero-order chi connectivity index (χ0) is 51.0. The zero-order valence-corrected chi connectivity index (χ0v) is 43.3. The van der Waals surface area contributed by atoms with Crippen LogP contribution in [0.25, 0.3) is 0 Å². The third-order valence-corrected chi connectivity index (χ3v) is 13.1. The molecule has 15 heteroatoms. The number of unbranched alkanes of at least 4 members (excludes halogenated alkanes) is 23. The number of ether oxygens (including phenoxy) is 6. The van der Waals surface area contributed by atoms with Gasteiger partial charge in [0.05, 0.1) is 19.8 Å². The summed E-state index contributed by atoms with van der Waals surface area (Å²) in [7, 11) is 0. The van der Waals surface area contributed by atoms with E-state index in [4.69, 9.17) is 28.4 Å². The standard InChI is InChI=1S/C55H98O15/c1-3-5-7-9-11-13-15-17-19-21-23-25-27-29-31-33-35-37-46(57)65-40-43(68-47(58)38-36-34-32-30-28-26-24-22-20-18-16-14-12-10-8-6-4-2)41-66-54-53(64)51(62)49(60)45(70-54)42-67-55-52(63)50(61)48(59)44(39-56)69-55/h6,8,12,14,18,20,43-45,48-56,59-64H,3-5,7,9-11,13,15-17,19,21-42H2,1-2H3/b8-6-,14-12-,20-18-. The number of esters is 2. The monoisotopic (exact) mass is 999 g/mol. The molecule has 0 aromatic carbocycles. The molecule has 0 saturated carbocycles. The molecule has 2 saturated heterocycles.